The van der Waals surface area contributed by atoms with Crippen LogP contribution in [0.3, 0.4) is 0 Å². The van der Waals surface area contributed by atoms with E-state index in [1.807, 2.05) is 10.3 Å². The number of alkyl halides is 3. The van der Waals surface area contributed by atoms with Crippen LogP contribution in [0.15, 0.2) is 16.5 Å². The molecule has 9 heteroatoms. The van der Waals surface area contributed by atoms with Gasteiger partial charge in [-0.15, -0.1) is 0 Å². The summed E-state index contributed by atoms with van der Waals surface area (Å²) in [7, 11) is 0. The largest absolute Gasteiger partial charge is 0.455 e. The van der Waals surface area contributed by atoms with Gasteiger partial charge in [-0.1, -0.05) is 0 Å². The first kappa shape index (κ1) is 15.8. The van der Waals surface area contributed by atoms with Gasteiger partial charge in [0.15, 0.2) is 5.76 Å². The van der Waals surface area contributed by atoms with Crippen molar-refractivity contribution in [1.29, 1.82) is 0 Å². The predicted molar refractivity (Wildman–Crippen MR) is 68.1 cm³/mol. The van der Waals surface area contributed by atoms with E-state index in [0.29, 0.717) is 38.5 Å². The molecule has 6 nitrogen and oxygen atoms in total. The summed E-state index contributed by atoms with van der Waals surface area (Å²) in [5, 5.41) is 0. The van der Waals surface area contributed by atoms with Crippen molar-refractivity contribution in [1.82, 2.24) is 15.2 Å². The summed E-state index contributed by atoms with van der Waals surface area (Å²) < 4.78 is 42.2. The maximum absolute atomic E-state index is 12.3. The summed E-state index contributed by atoms with van der Waals surface area (Å²) in [4.78, 5) is 14.6. The predicted octanol–water partition coefficient (Wildman–Crippen LogP) is 0.563. The number of hydrazine groups is 1. The van der Waals surface area contributed by atoms with Gasteiger partial charge in [0.05, 0.1) is 13.1 Å². The summed E-state index contributed by atoms with van der Waals surface area (Å²) in [6, 6.07) is 3.17. The highest BCUT2D eigenvalue weighted by Gasteiger charge is 2.32. The molecule has 1 aliphatic heterocycles. The van der Waals surface area contributed by atoms with Gasteiger partial charge in [-0.25, -0.2) is 5.84 Å². The fourth-order valence-electron chi connectivity index (χ4n) is 2.24. The minimum atomic E-state index is -4.16. The Hall–Kier alpha value is -1.58. The number of nitrogen functional groups attached to an aromatic ring is 1. The number of amides is 1. The van der Waals surface area contributed by atoms with Gasteiger partial charge in [-0.3, -0.25) is 20.0 Å². The van der Waals surface area contributed by atoms with Crippen molar-refractivity contribution in [3.63, 3.8) is 0 Å². The summed E-state index contributed by atoms with van der Waals surface area (Å²) in [6.45, 7) is 1.34. The fraction of sp³-hybridized carbons (Fsp3) is 0.583. The second-order valence-corrected chi connectivity index (χ2v) is 4.91. The Labute approximate surface area is 119 Å². The molecule has 0 aromatic carbocycles. The third-order valence-corrected chi connectivity index (χ3v) is 3.26. The number of hydrogen-bond acceptors (Lipinski definition) is 5. The van der Waals surface area contributed by atoms with Crippen LogP contribution in [0.4, 0.5) is 13.2 Å². The first-order valence-corrected chi connectivity index (χ1v) is 6.48. The van der Waals surface area contributed by atoms with Crippen LogP contribution in [-0.4, -0.2) is 54.6 Å². The lowest BCUT2D eigenvalue weighted by Gasteiger charge is -2.34. The molecule has 118 valence electrons. The normalized spacial score (nSPS) is 17.9. The van der Waals surface area contributed by atoms with E-state index in [1.54, 1.807) is 6.07 Å². The molecule has 3 N–H and O–H groups in total. The van der Waals surface area contributed by atoms with Gasteiger partial charge in [-0.05, 0) is 12.1 Å². The number of halogens is 3. The zero-order chi connectivity index (χ0) is 15.5. The van der Waals surface area contributed by atoms with Crippen molar-refractivity contribution >= 4 is 5.91 Å². The molecular formula is C12H17F3N4O2. The second-order valence-electron chi connectivity index (χ2n) is 4.91. The summed E-state index contributed by atoms with van der Waals surface area (Å²) in [5.41, 5.74) is 1.97. The van der Waals surface area contributed by atoms with Gasteiger partial charge in [0, 0.05) is 26.2 Å². The van der Waals surface area contributed by atoms with Crippen molar-refractivity contribution in [2.45, 2.75) is 12.7 Å². The Morgan fingerprint density at radius 2 is 1.86 bits per heavy atom. The lowest BCUT2D eigenvalue weighted by Crippen LogP contribution is -2.48. The van der Waals surface area contributed by atoms with Crippen LogP contribution in [0.2, 0.25) is 0 Å². The van der Waals surface area contributed by atoms with Crippen molar-refractivity contribution < 1.29 is 22.4 Å². The molecule has 1 aromatic rings. The van der Waals surface area contributed by atoms with E-state index < -0.39 is 18.6 Å². The number of nitrogens with zero attached hydrogens (tertiary/aromatic N) is 2. The molecule has 21 heavy (non-hydrogen) atoms. The zero-order valence-electron chi connectivity index (χ0n) is 11.3. The first-order chi connectivity index (χ1) is 9.87. The Kier molecular flexibility index (Phi) is 4.86. The number of furan rings is 1. The van der Waals surface area contributed by atoms with Crippen LogP contribution < -0.4 is 11.3 Å². The molecule has 0 unspecified atom stereocenters. The van der Waals surface area contributed by atoms with Crippen LogP contribution in [0.5, 0.6) is 0 Å². The first-order valence-electron chi connectivity index (χ1n) is 6.48. The van der Waals surface area contributed by atoms with Crippen LogP contribution >= 0.6 is 0 Å². The van der Waals surface area contributed by atoms with Crippen LogP contribution in [0.25, 0.3) is 0 Å². The molecule has 2 heterocycles. The highest BCUT2D eigenvalue weighted by atomic mass is 19.4. The quantitative estimate of drug-likeness (QED) is 0.483. The SMILES string of the molecule is NNC(=O)c1ccc(CN2CCN(CC(F)(F)F)CC2)o1. The van der Waals surface area contributed by atoms with Crippen molar-refractivity contribution in [3.8, 4) is 0 Å². The molecule has 1 fully saturated rings. The van der Waals surface area contributed by atoms with Crippen LogP contribution in [0, 0.1) is 0 Å². The minimum Gasteiger partial charge on any atom is -0.455 e. The van der Waals surface area contributed by atoms with Crippen molar-refractivity contribution in [3.05, 3.63) is 23.7 Å². The van der Waals surface area contributed by atoms with Gasteiger partial charge < -0.3 is 4.42 Å². The number of nitrogens with one attached hydrogen (secondary N) is 1. The van der Waals surface area contributed by atoms with Crippen LogP contribution in [-0.2, 0) is 6.54 Å². The Bertz CT molecular complexity index is 481. The van der Waals surface area contributed by atoms with E-state index in [4.69, 9.17) is 10.3 Å². The number of hydrogen-bond donors (Lipinski definition) is 2. The lowest BCUT2D eigenvalue weighted by molar-refractivity contribution is -0.149. The molecule has 0 saturated carbocycles. The maximum atomic E-state index is 12.3. The monoisotopic (exact) mass is 306 g/mol. The average Bonchev–Trinajstić information content (AvgIpc) is 2.87. The molecule has 1 aromatic heterocycles. The topological polar surface area (TPSA) is 74.7 Å². The summed E-state index contributed by atoms with van der Waals surface area (Å²) in [5.74, 6) is 5.17. The zero-order valence-corrected chi connectivity index (χ0v) is 11.3. The minimum absolute atomic E-state index is 0.114. The number of rotatable bonds is 4. The molecule has 0 bridgehead atoms. The van der Waals surface area contributed by atoms with E-state index >= 15 is 0 Å². The van der Waals surface area contributed by atoms with E-state index in [0.717, 1.165) is 0 Å². The number of nitrogens with two attached hydrogens (primary N) is 1. The highest BCUT2D eigenvalue weighted by Crippen LogP contribution is 2.18. The molecule has 0 spiro atoms. The Morgan fingerprint density at radius 3 is 2.43 bits per heavy atom. The molecular weight excluding hydrogens is 289 g/mol. The fourth-order valence-corrected chi connectivity index (χ4v) is 2.24. The second kappa shape index (κ2) is 6.46. The number of carbonyl (C=O) groups is 1. The van der Waals surface area contributed by atoms with Crippen LogP contribution in [0.1, 0.15) is 16.3 Å². The van der Waals surface area contributed by atoms with Gasteiger partial charge in [-0.2, -0.15) is 13.2 Å². The molecule has 1 amide bonds. The highest BCUT2D eigenvalue weighted by molar-refractivity contribution is 5.90. The van der Waals surface area contributed by atoms with E-state index in [1.165, 1.54) is 11.0 Å². The van der Waals surface area contributed by atoms with Crippen molar-refractivity contribution in [2.75, 3.05) is 32.7 Å². The molecule has 1 saturated heterocycles. The van der Waals surface area contributed by atoms with E-state index in [9.17, 15) is 18.0 Å². The summed E-state index contributed by atoms with van der Waals surface area (Å²) >= 11 is 0. The average molecular weight is 306 g/mol. The van der Waals surface area contributed by atoms with Gasteiger partial charge in [0.2, 0.25) is 0 Å². The van der Waals surface area contributed by atoms with Gasteiger partial charge in [0.1, 0.15) is 5.76 Å². The van der Waals surface area contributed by atoms with E-state index in [-0.39, 0.29) is 5.76 Å². The third-order valence-electron chi connectivity index (χ3n) is 3.26. The molecule has 0 atom stereocenters. The molecule has 0 aliphatic carbocycles. The lowest BCUT2D eigenvalue weighted by atomic mass is 10.3. The molecule has 2 rings (SSSR count). The third kappa shape index (κ3) is 4.73. The summed E-state index contributed by atoms with van der Waals surface area (Å²) in [6.07, 6.45) is -4.16. The maximum Gasteiger partial charge on any atom is 0.401 e. The van der Waals surface area contributed by atoms with Gasteiger partial charge >= 0.3 is 12.1 Å². The molecule has 1 aliphatic rings. The smallest absolute Gasteiger partial charge is 0.401 e. The standard InChI is InChI=1S/C12H17F3N4O2/c13-12(14,15)8-19-5-3-18(4-6-19)7-9-1-2-10(21-9)11(20)17-16/h1-2H,3-8,16H2,(H,17,20). The number of carbonyl (C=O) groups excluding carboxylic acids is 1. The molecule has 0 radical (unpaired) electrons. The number of piperazine rings is 1. The van der Waals surface area contributed by atoms with E-state index in [2.05, 4.69) is 0 Å². The Balaban J connectivity index is 1.81. The Morgan fingerprint density at radius 1 is 1.24 bits per heavy atom. The van der Waals surface area contributed by atoms with Crippen molar-refractivity contribution in [2.24, 2.45) is 5.84 Å². The van der Waals surface area contributed by atoms with Gasteiger partial charge in [0.25, 0.3) is 0 Å².